The summed E-state index contributed by atoms with van der Waals surface area (Å²) >= 11 is 0. The summed E-state index contributed by atoms with van der Waals surface area (Å²) < 4.78 is 0. The van der Waals surface area contributed by atoms with E-state index in [9.17, 15) is 0 Å². The van der Waals surface area contributed by atoms with E-state index in [1.165, 1.54) is 0 Å². The Hall–Kier alpha value is 0.213. The van der Waals surface area contributed by atoms with E-state index in [-0.39, 0.29) is 17.6 Å². The monoisotopic (exact) mass is 121 g/mol. The molecule has 1 radical (unpaired) electrons. The maximum atomic E-state index is 8.69. The molecule has 0 spiro atoms. The second-order valence-electron chi connectivity index (χ2n) is 0.167. The van der Waals surface area contributed by atoms with Gasteiger partial charge in [-0.15, -0.1) is 0 Å². The fourth-order valence-electron chi connectivity index (χ4n) is 0. The van der Waals surface area contributed by atoms with Crippen LogP contribution in [0.3, 0.4) is 0 Å². The number of carbonyl (C=O) groups is 1. The maximum absolute atomic E-state index is 8.69. The molecule has 0 atom stereocenters. The van der Waals surface area contributed by atoms with Crippen molar-refractivity contribution in [3.63, 3.8) is 0 Å². The average molecular weight is 120 g/mol. The standard InChI is InChI=1S/C2H3O.GeH4/c1-2-3;/h2H,1H2;1H4. The van der Waals surface area contributed by atoms with E-state index in [0.29, 0.717) is 6.29 Å². The molecule has 0 fully saturated rings. The second-order valence-corrected chi connectivity index (χ2v) is 0.167. The number of carbonyl (C=O) groups excluding carboxylic acids is 1. The fourth-order valence-corrected chi connectivity index (χ4v) is 0. The minimum atomic E-state index is 0. The molecular weight excluding hydrogens is 113 g/mol. The van der Waals surface area contributed by atoms with Crippen molar-refractivity contribution in [1.29, 1.82) is 0 Å². The van der Waals surface area contributed by atoms with E-state index >= 15 is 0 Å². The summed E-state index contributed by atoms with van der Waals surface area (Å²) in [5.41, 5.74) is 0. The Morgan fingerprint density at radius 3 is 1.75 bits per heavy atom. The van der Waals surface area contributed by atoms with Crippen molar-refractivity contribution in [2.75, 3.05) is 0 Å². The summed E-state index contributed by atoms with van der Waals surface area (Å²) in [4.78, 5) is 8.69. The summed E-state index contributed by atoms with van der Waals surface area (Å²) in [6.07, 6.45) is 0.500. The van der Waals surface area contributed by atoms with E-state index in [1.807, 2.05) is 0 Å². The van der Waals surface area contributed by atoms with Gasteiger partial charge in [-0.25, -0.2) is 0 Å². The number of aldehydes is 1. The van der Waals surface area contributed by atoms with Crippen LogP contribution in [0.4, 0.5) is 0 Å². The zero-order valence-electron chi connectivity index (χ0n) is 1.69. The van der Waals surface area contributed by atoms with Crippen LogP contribution in [0.1, 0.15) is 0 Å². The molecule has 25 valence electrons. The van der Waals surface area contributed by atoms with Crippen LogP contribution < -0.4 is 0 Å². The average Bonchev–Trinajstić information content (AvgIpc) is 0.918. The molecule has 2 heteroatoms. The van der Waals surface area contributed by atoms with Gasteiger partial charge in [0.25, 0.3) is 0 Å². The van der Waals surface area contributed by atoms with Gasteiger partial charge in [-0.3, -0.25) is 0 Å². The summed E-state index contributed by atoms with van der Waals surface area (Å²) in [6.45, 7) is 2.81. The Kier molecular flexibility index (Phi) is 23.7. The third-order valence-electron chi connectivity index (χ3n) is 0. The predicted molar refractivity (Wildman–Crippen MR) is 22.8 cm³/mol. The predicted octanol–water partition coefficient (Wildman–Crippen LogP) is -1.43. The molecule has 0 heterocycles. The minimum absolute atomic E-state index is 0. The van der Waals surface area contributed by atoms with Gasteiger partial charge in [0.2, 0.25) is 0 Å². The van der Waals surface area contributed by atoms with Gasteiger partial charge in [-0.2, -0.15) is 0 Å². The third kappa shape index (κ3) is 71.8. The summed E-state index contributed by atoms with van der Waals surface area (Å²) in [6, 6.07) is 0. The molecule has 4 heavy (non-hydrogen) atoms. The molecular formula is C2H7GeO. The Bertz CT molecular complexity index is 13.5. The van der Waals surface area contributed by atoms with Crippen LogP contribution in [0.15, 0.2) is 0 Å². The van der Waals surface area contributed by atoms with E-state index < -0.39 is 0 Å². The fraction of sp³-hybridized carbons (Fsp3) is 0. The topological polar surface area (TPSA) is 17.1 Å². The molecule has 0 rings (SSSR count). The SMILES string of the molecule is [CH2]C=O.[GeH4]. The van der Waals surface area contributed by atoms with Gasteiger partial charge in [0, 0.05) is 6.92 Å². The Morgan fingerprint density at radius 1 is 1.75 bits per heavy atom. The molecule has 0 aromatic heterocycles. The first kappa shape index (κ1) is 8.88. The molecule has 0 aliphatic carbocycles. The van der Waals surface area contributed by atoms with Crippen LogP contribution in [-0.4, -0.2) is 23.9 Å². The van der Waals surface area contributed by atoms with Crippen LogP contribution >= 0.6 is 0 Å². The van der Waals surface area contributed by atoms with Gasteiger partial charge < -0.3 is 4.79 Å². The van der Waals surface area contributed by atoms with Gasteiger partial charge in [-0.05, 0) is 0 Å². The molecule has 1 nitrogen and oxygen atoms in total. The summed E-state index contributed by atoms with van der Waals surface area (Å²) in [5.74, 6) is 0. The first-order chi connectivity index (χ1) is 1.41. The molecule has 0 saturated carbocycles. The van der Waals surface area contributed by atoms with Crippen LogP contribution in [0.5, 0.6) is 0 Å². The van der Waals surface area contributed by atoms with Crippen molar-refractivity contribution in [1.82, 2.24) is 0 Å². The van der Waals surface area contributed by atoms with Crippen molar-refractivity contribution >= 4 is 23.9 Å². The summed E-state index contributed by atoms with van der Waals surface area (Å²) in [5, 5.41) is 0. The quantitative estimate of drug-likeness (QED) is 0.282. The van der Waals surface area contributed by atoms with Crippen molar-refractivity contribution in [2.45, 2.75) is 0 Å². The van der Waals surface area contributed by atoms with Gasteiger partial charge in [-0.1, -0.05) is 0 Å². The van der Waals surface area contributed by atoms with Crippen LogP contribution in [0, 0.1) is 6.92 Å². The summed E-state index contributed by atoms with van der Waals surface area (Å²) in [7, 11) is 0. The third-order valence-corrected chi connectivity index (χ3v) is 0. The molecule has 0 aliphatic rings. The number of rotatable bonds is 0. The number of hydrogen-bond acceptors (Lipinski definition) is 1. The Morgan fingerprint density at radius 2 is 1.75 bits per heavy atom. The first-order valence-electron chi connectivity index (χ1n) is 0.644. The molecule has 0 aliphatic heterocycles. The zero-order chi connectivity index (χ0) is 2.71. The van der Waals surface area contributed by atoms with Crippen molar-refractivity contribution in [3.05, 3.63) is 6.92 Å². The molecule has 0 unspecified atom stereocenters. The van der Waals surface area contributed by atoms with Crippen LogP contribution in [-0.2, 0) is 4.79 Å². The molecule has 0 aromatic carbocycles. The van der Waals surface area contributed by atoms with E-state index in [1.54, 1.807) is 0 Å². The van der Waals surface area contributed by atoms with E-state index in [4.69, 9.17) is 4.79 Å². The van der Waals surface area contributed by atoms with Crippen LogP contribution in [0.25, 0.3) is 0 Å². The Labute approximate surface area is 36.4 Å². The van der Waals surface area contributed by atoms with Gasteiger partial charge in [0.05, 0.1) is 0 Å². The normalized spacial score (nSPS) is 3.25. The van der Waals surface area contributed by atoms with E-state index in [2.05, 4.69) is 6.92 Å². The number of hydrogen-bond donors (Lipinski definition) is 0. The van der Waals surface area contributed by atoms with Crippen molar-refractivity contribution < 1.29 is 4.79 Å². The Balaban J connectivity index is 0. The molecule has 0 bridgehead atoms. The van der Waals surface area contributed by atoms with Gasteiger partial charge >= 0.3 is 17.6 Å². The van der Waals surface area contributed by atoms with Gasteiger partial charge in [0.15, 0.2) is 0 Å². The van der Waals surface area contributed by atoms with Gasteiger partial charge in [0.1, 0.15) is 6.29 Å². The van der Waals surface area contributed by atoms with Crippen LogP contribution in [0.2, 0.25) is 0 Å². The molecule has 0 amide bonds. The zero-order valence-corrected chi connectivity index (χ0v) is 1.69. The second kappa shape index (κ2) is 10.7. The molecule has 0 saturated heterocycles. The van der Waals surface area contributed by atoms with Crippen molar-refractivity contribution in [2.24, 2.45) is 0 Å². The van der Waals surface area contributed by atoms with E-state index in [0.717, 1.165) is 0 Å². The van der Waals surface area contributed by atoms with Crippen molar-refractivity contribution in [3.8, 4) is 0 Å². The molecule has 0 N–H and O–H groups in total. The molecule has 0 aromatic rings. The first-order valence-corrected chi connectivity index (χ1v) is 0.644.